The number of hydrogen-bond donors (Lipinski definition) is 1. The van der Waals surface area contributed by atoms with Gasteiger partial charge in [0.05, 0.1) is 4.55 Å². The van der Waals surface area contributed by atoms with Crippen molar-refractivity contribution >= 4 is 22.6 Å². The summed E-state index contributed by atoms with van der Waals surface area (Å²) < 4.78 is 0.703. The Labute approximate surface area is 44.3 Å². The fourth-order valence-corrected chi connectivity index (χ4v) is 0.200. The topological polar surface area (TPSA) is 35.8 Å². The van der Waals surface area contributed by atoms with E-state index >= 15 is 0 Å². The van der Waals surface area contributed by atoms with Crippen molar-refractivity contribution in [2.75, 3.05) is 4.55 Å². The first-order chi connectivity index (χ1) is 2.41. The first-order valence-corrected chi connectivity index (χ1v) is 2.62. The summed E-state index contributed by atoms with van der Waals surface area (Å²) in [5.74, 6) is 0. The summed E-state index contributed by atoms with van der Waals surface area (Å²) in [6.45, 7) is 0. The lowest BCUT2D eigenvalue weighted by molar-refractivity contribution is 1.10. The maximum atomic E-state index is 7.70. The third-order valence-corrected chi connectivity index (χ3v) is 0.527. The maximum Gasteiger partial charge on any atom is 0.177 e. The third kappa shape index (κ3) is 4.02. The molecule has 1 N–H and O–H groups in total. The number of halogens is 1. The number of alkyl halides is 1. The van der Waals surface area contributed by atoms with Gasteiger partial charge in [-0.05, 0) is 0 Å². The van der Waals surface area contributed by atoms with E-state index in [1.807, 2.05) is 0 Å². The Morgan fingerprint density at radius 1 is 2.00 bits per heavy atom. The van der Waals surface area contributed by atoms with E-state index in [4.69, 9.17) is 5.26 Å². The fraction of sp³-hybridized carbons (Fsp3) is 0.500. The van der Waals surface area contributed by atoms with Crippen LogP contribution in [0.1, 0.15) is 0 Å². The van der Waals surface area contributed by atoms with Gasteiger partial charge in [0.1, 0.15) is 0 Å². The van der Waals surface area contributed by atoms with E-state index in [2.05, 4.69) is 27.9 Å². The SMILES string of the molecule is N#CNCI. The van der Waals surface area contributed by atoms with Crippen LogP contribution < -0.4 is 5.32 Å². The smallest absolute Gasteiger partial charge is 0.177 e. The van der Waals surface area contributed by atoms with Gasteiger partial charge in [-0.3, -0.25) is 0 Å². The molecular weight excluding hydrogens is 179 g/mol. The predicted molar refractivity (Wildman–Crippen MR) is 27.6 cm³/mol. The first-order valence-electron chi connectivity index (χ1n) is 1.09. The Balaban J connectivity index is 2.48. The molecule has 0 radical (unpaired) electrons. The van der Waals surface area contributed by atoms with Crippen molar-refractivity contribution in [1.29, 1.82) is 5.26 Å². The number of nitrogens with zero attached hydrogens (tertiary/aromatic N) is 1. The van der Waals surface area contributed by atoms with Gasteiger partial charge in [0.25, 0.3) is 0 Å². The second-order valence-corrected chi connectivity index (χ2v) is 1.19. The van der Waals surface area contributed by atoms with Gasteiger partial charge in [0, 0.05) is 0 Å². The van der Waals surface area contributed by atoms with Crippen molar-refractivity contribution in [3.8, 4) is 6.19 Å². The van der Waals surface area contributed by atoms with E-state index in [1.165, 1.54) is 0 Å². The molecule has 0 spiro atoms. The van der Waals surface area contributed by atoms with Crippen LogP contribution in [0, 0.1) is 11.5 Å². The highest BCUT2D eigenvalue weighted by atomic mass is 127. The van der Waals surface area contributed by atoms with Gasteiger partial charge in [0.2, 0.25) is 0 Å². The number of nitrogens with one attached hydrogen (secondary N) is 1. The molecule has 0 bridgehead atoms. The molecule has 0 saturated carbocycles. The molecule has 0 aromatic heterocycles. The minimum atomic E-state index is 0.703. The summed E-state index contributed by atoms with van der Waals surface area (Å²) in [4.78, 5) is 0. The van der Waals surface area contributed by atoms with E-state index in [0.29, 0.717) is 4.55 Å². The largest absolute Gasteiger partial charge is 0.314 e. The monoisotopic (exact) mass is 182 g/mol. The summed E-state index contributed by atoms with van der Waals surface area (Å²) in [6, 6.07) is 0. The summed E-state index contributed by atoms with van der Waals surface area (Å²) in [6.07, 6.45) is 1.76. The van der Waals surface area contributed by atoms with Gasteiger partial charge in [-0.15, -0.1) is 0 Å². The Morgan fingerprint density at radius 3 is 2.60 bits per heavy atom. The molecule has 0 aliphatic heterocycles. The quantitative estimate of drug-likeness (QED) is 0.210. The summed E-state index contributed by atoms with van der Waals surface area (Å²) in [5, 5.41) is 10.1. The highest BCUT2D eigenvalue weighted by Gasteiger charge is 1.60. The van der Waals surface area contributed by atoms with Crippen molar-refractivity contribution in [3.05, 3.63) is 0 Å². The molecule has 28 valence electrons. The zero-order chi connectivity index (χ0) is 4.12. The van der Waals surface area contributed by atoms with E-state index < -0.39 is 0 Å². The Kier molecular flexibility index (Phi) is 4.04. The second kappa shape index (κ2) is 4.02. The van der Waals surface area contributed by atoms with Crippen molar-refractivity contribution in [1.82, 2.24) is 5.32 Å². The predicted octanol–water partition coefficient (Wildman–Crippen LogP) is 0.450. The van der Waals surface area contributed by atoms with Crippen LogP contribution in [0.15, 0.2) is 0 Å². The van der Waals surface area contributed by atoms with Crippen LogP contribution in [-0.2, 0) is 0 Å². The second-order valence-electron chi connectivity index (χ2n) is 0.422. The molecule has 0 unspecified atom stereocenters. The fourth-order valence-electron chi connectivity index (χ4n) is 0.0299. The summed E-state index contributed by atoms with van der Waals surface area (Å²) in [5.41, 5.74) is 0. The highest BCUT2D eigenvalue weighted by Crippen LogP contribution is 1.67. The Bertz CT molecular complexity index is 46.1. The van der Waals surface area contributed by atoms with Gasteiger partial charge in [-0.1, -0.05) is 22.6 Å². The van der Waals surface area contributed by atoms with Gasteiger partial charge in [-0.25, -0.2) is 0 Å². The summed E-state index contributed by atoms with van der Waals surface area (Å²) in [7, 11) is 0. The standard InChI is InChI=1S/C2H3IN2/c3-1-5-2-4/h5H,1H2. The molecule has 0 aliphatic carbocycles. The van der Waals surface area contributed by atoms with E-state index in [0.717, 1.165) is 0 Å². The van der Waals surface area contributed by atoms with E-state index in [-0.39, 0.29) is 0 Å². The molecule has 0 saturated heterocycles. The molecule has 3 heteroatoms. The first kappa shape index (κ1) is 5.02. The van der Waals surface area contributed by atoms with Crippen LogP contribution in [0.2, 0.25) is 0 Å². The normalized spacial score (nSPS) is 5.60. The zero-order valence-corrected chi connectivity index (χ0v) is 4.69. The van der Waals surface area contributed by atoms with Crippen LogP contribution in [0.4, 0.5) is 0 Å². The molecular formula is C2H3IN2. The Morgan fingerprint density at radius 2 is 2.60 bits per heavy atom. The van der Waals surface area contributed by atoms with Crippen molar-refractivity contribution in [3.63, 3.8) is 0 Å². The molecule has 2 nitrogen and oxygen atoms in total. The lowest BCUT2D eigenvalue weighted by atomic mass is 11.2. The van der Waals surface area contributed by atoms with E-state index in [1.54, 1.807) is 6.19 Å². The van der Waals surface area contributed by atoms with Crippen LogP contribution >= 0.6 is 22.6 Å². The van der Waals surface area contributed by atoms with Crippen molar-refractivity contribution < 1.29 is 0 Å². The van der Waals surface area contributed by atoms with Gasteiger partial charge < -0.3 is 5.32 Å². The number of hydrogen-bond acceptors (Lipinski definition) is 2. The summed E-state index contributed by atoms with van der Waals surface area (Å²) >= 11 is 2.05. The molecule has 0 fully saturated rings. The molecule has 0 aromatic rings. The van der Waals surface area contributed by atoms with Crippen LogP contribution in [0.5, 0.6) is 0 Å². The van der Waals surface area contributed by atoms with Gasteiger partial charge in [-0.2, -0.15) is 5.26 Å². The molecule has 5 heavy (non-hydrogen) atoms. The molecule has 0 aromatic carbocycles. The van der Waals surface area contributed by atoms with Crippen molar-refractivity contribution in [2.24, 2.45) is 0 Å². The van der Waals surface area contributed by atoms with Crippen LogP contribution in [-0.4, -0.2) is 4.55 Å². The number of rotatable bonds is 1. The average Bonchev–Trinajstić information content (AvgIpc) is 1.41. The molecule has 0 rings (SSSR count). The zero-order valence-electron chi connectivity index (χ0n) is 2.53. The van der Waals surface area contributed by atoms with Gasteiger partial charge in [0.15, 0.2) is 6.19 Å². The van der Waals surface area contributed by atoms with Gasteiger partial charge >= 0.3 is 0 Å². The lowest BCUT2D eigenvalue weighted by Gasteiger charge is -1.73. The average molecular weight is 182 g/mol. The lowest BCUT2D eigenvalue weighted by Crippen LogP contribution is -1.97. The van der Waals surface area contributed by atoms with E-state index in [9.17, 15) is 0 Å². The highest BCUT2D eigenvalue weighted by molar-refractivity contribution is 14.1. The Hall–Kier alpha value is 0.0200. The molecule has 0 amide bonds. The molecule has 0 atom stereocenters. The van der Waals surface area contributed by atoms with Crippen LogP contribution in [0.25, 0.3) is 0 Å². The molecule has 0 heterocycles. The van der Waals surface area contributed by atoms with Crippen molar-refractivity contribution in [2.45, 2.75) is 0 Å². The van der Waals surface area contributed by atoms with Crippen LogP contribution in [0.3, 0.4) is 0 Å². The third-order valence-electron chi connectivity index (χ3n) is 0.146. The minimum Gasteiger partial charge on any atom is -0.314 e. The number of nitriles is 1. The molecule has 0 aliphatic rings. The maximum absolute atomic E-state index is 7.70. The minimum absolute atomic E-state index is 0.703.